The number of nitrogens with one attached hydrogen (secondary N) is 1. The molecule has 6 heteroatoms. The van der Waals surface area contributed by atoms with E-state index in [0.717, 1.165) is 24.2 Å². The van der Waals surface area contributed by atoms with Crippen LogP contribution in [0.3, 0.4) is 0 Å². The van der Waals surface area contributed by atoms with Gasteiger partial charge in [-0.3, -0.25) is 9.59 Å². The molecule has 0 aliphatic rings. The standard InChI is InChI=1S/C25H33ClN2O2S/c1-4-6-15-27-25(30)23(5-2)28(16-20-12-9-10-14-22(20)26)24(29)18-31-17-21-13-8-7-11-19(21)3/h7-14,23H,4-6,15-18H2,1-3H3,(H,27,30). The van der Waals surface area contributed by atoms with Gasteiger partial charge < -0.3 is 10.2 Å². The van der Waals surface area contributed by atoms with E-state index in [1.54, 1.807) is 16.7 Å². The highest BCUT2D eigenvalue weighted by molar-refractivity contribution is 7.99. The minimum Gasteiger partial charge on any atom is -0.354 e. The van der Waals surface area contributed by atoms with E-state index < -0.39 is 6.04 Å². The van der Waals surface area contributed by atoms with Crippen molar-refractivity contribution in [3.8, 4) is 0 Å². The molecule has 0 radical (unpaired) electrons. The lowest BCUT2D eigenvalue weighted by molar-refractivity contribution is -0.139. The highest BCUT2D eigenvalue weighted by Crippen LogP contribution is 2.22. The van der Waals surface area contributed by atoms with Gasteiger partial charge in [0.15, 0.2) is 0 Å². The van der Waals surface area contributed by atoms with Crippen LogP contribution in [0.5, 0.6) is 0 Å². The van der Waals surface area contributed by atoms with Crippen LogP contribution in [0, 0.1) is 6.92 Å². The normalized spacial score (nSPS) is 11.7. The van der Waals surface area contributed by atoms with Crippen molar-refractivity contribution < 1.29 is 9.59 Å². The first-order valence-electron chi connectivity index (χ1n) is 10.9. The fourth-order valence-electron chi connectivity index (χ4n) is 3.34. The van der Waals surface area contributed by atoms with Gasteiger partial charge in [-0.15, -0.1) is 11.8 Å². The van der Waals surface area contributed by atoms with Crippen LogP contribution in [0.4, 0.5) is 0 Å². The molecule has 2 aromatic rings. The number of amides is 2. The minimum atomic E-state index is -0.514. The van der Waals surface area contributed by atoms with Crippen LogP contribution < -0.4 is 5.32 Å². The third-order valence-electron chi connectivity index (χ3n) is 5.26. The van der Waals surface area contributed by atoms with E-state index in [0.29, 0.717) is 30.3 Å². The summed E-state index contributed by atoms with van der Waals surface area (Å²) >= 11 is 7.94. The van der Waals surface area contributed by atoms with Crippen molar-refractivity contribution in [3.63, 3.8) is 0 Å². The maximum absolute atomic E-state index is 13.3. The van der Waals surface area contributed by atoms with Gasteiger partial charge in [-0.2, -0.15) is 0 Å². The zero-order chi connectivity index (χ0) is 22.6. The first kappa shape index (κ1) is 25.3. The summed E-state index contributed by atoms with van der Waals surface area (Å²) < 4.78 is 0. The summed E-state index contributed by atoms with van der Waals surface area (Å²) in [5.41, 5.74) is 3.29. The lowest BCUT2D eigenvalue weighted by Gasteiger charge is -2.31. The van der Waals surface area contributed by atoms with Crippen molar-refractivity contribution in [1.29, 1.82) is 0 Å². The second-order valence-electron chi connectivity index (χ2n) is 7.60. The average Bonchev–Trinajstić information content (AvgIpc) is 2.76. The molecule has 168 valence electrons. The van der Waals surface area contributed by atoms with Gasteiger partial charge >= 0.3 is 0 Å². The number of aryl methyl sites for hydroxylation is 1. The Morgan fingerprint density at radius 2 is 1.74 bits per heavy atom. The molecule has 2 amide bonds. The van der Waals surface area contributed by atoms with Crippen LogP contribution in [0.2, 0.25) is 5.02 Å². The molecule has 0 aromatic heterocycles. The SMILES string of the molecule is CCCCNC(=O)C(CC)N(Cc1ccccc1Cl)C(=O)CSCc1ccccc1C. The first-order valence-corrected chi connectivity index (χ1v) is 12.4. The fraction of sp³-hybridized carbons (Fsp3) is 0.440. The maximum atomic E-state index is 13.3. The van der Waals surface area contributed by atoms with Gasteiger partial charge in [0.2, 0.25) is 11.8 Å². The average molecular weight is 461 g/mol. The molecule has 0 bridgehead atoms. The number of unbranched alkanes of at least 4 members (excludes halogenated alkanes) is 1. The van der Waals surface area contributed by atoms with E-state index in [1.807, 2.05) is 43.3 Å². The monoisotopic (exact) mass is 460 g/mol. The largest absolute Gasteiger partial charge is 0.354 e. The minimum absolute atomic E-state index is 0.0454. The van der Waals surface area contributed by atoms with Crippen molar-refractivity contribution >= 4 is 35.2 Å². The van der Waals surface area contributed by atoms with Crippen LogP contribution in [-0.4, -0.2) is 35.1 Å². The smallest absolute Gasteiger partial charge is 0.242 e. The van der Waals surface area contributed by atoms with Crippen LogP contribution in [0.25, 0.3) is 0 Å². The predicted molar refractivity (Wildman–Crippen MR) is 131 cm³/mol. The molecule has 1 unspecified atom stereocenters. The molecule has 31 heavy (non-hydrogen) atoms. The van der Waals surface area contributed by atoms with E-state index in [9.17, 15) is 9.59 Å². The molecule has 0 saturated heterocycles. The van der Waals surface area contributed by atoms with Gasteiger partial charge in [0.05, 0.1) is 5.75 Å². The Morgan fingerprint density at radius 3 is 2.39 bits per heavy atom. The van der Waals surface area contributed by atoms with Crippen LogP contribution in [0.15, 0.2) is 48.5 Å². The Kier molecular flexibility index (Phi) is 11.0. The lowest BCUT2D eigenvalue weighted by Crippen LogP contribution is -2.49. The number of halogens is 1. The van der Waals surface area contributed by atoms with Crippen molar-refractivity contribution in [3.05, 3.63) is 70.2 Å². The summed E-state index contributed by atoms with van der Waals surface area (Å²) in [6, 6.07) is 15.2. The molecule has 0 saturated carbocycles. The fourth-order valence-corrected chi connectivity index (χ4v) is 4.52. The molecule has 0 fully saturated rings. The second kappa shape index (κ2) is 13.4. The third-order valence-corrected chi connectivity index (χ3v) is 6.59. The Bertz CT molecular complexity index is 859. The van der Waals surface area contributed by atoms with Crippen LogP contribution in [0.1, 0.15) is 49.8 Å². The lowest BCUT2D eigenvalue weighted by atomic mass is 10.1. The number of thioether (sulfide) groups is 1. The molecular weight excluding hydrogens is 428 g/mol. The molecule has 1 atom stereocenters. The van der Waals surface area contributed by atoms with Gasteiger partial charge in [-0.1, -0.05) is 74.3 Å². The Balaban J connectivity index is 2.13. The topological polar surface area (TPSA) is 49.4 Å². The van der Waals surface area contributed by atoms with E-state index in [2.05, 4.69) is 31.3 Å². The van der Waals surface area contributed by atoms with E-state index in [4.69, 9.17) is 11.6 Å². The van der Waals surface area contributed by atoms with Crippen molar-refractivity contribution in [2.75, 3.05) is 12.3 Å². The molecule has 2 aromatic carbocycles. The Hall–Kier alpha value is -1.98. The maximum Gasteiger partial charge on any atom is 0.242 e. The van der Waals surface area contributed by atoms with Gasteiger partial charge in [0, 0.05) is 23.9 Å². The number of carbonyl (C=O) groups excluding carboxylic acids is 2. The molecular formula is C25H33ClN2O2S. The second-order valence-corrected chi connectivity index (χ2v) is 8.99. The van der Waals surface area contributed by atoms with E-state index in [-0.39, 0.29) is 11.8 Å². The van der Waals surface area contributed by atoms with E-state index >= 15 is 0 Å². The highest BCUT2D eigenvalue weighted by Gasteiger charge is 2.28. The Labute approximate surface area is 195 Å². The quantitative estimate of drug-likeness (QED) is 0.419. The first-order chi connectivity index (χ1) is 15.0. The zero-order valence-electron chi connectivity index (χ0n) is 18.7. The van der Waals surface area contributed by atoms with Gasteiger partial charge in [-0.05, 0) is 42.5 Å². The van der Waals surface area contributed by atoms with Crippen LogP contribution in [-0.2, 0) is 21.9 Å². The zero-order valence-corrected chi connectivity index (χ0v) is 20.3. The summed E-state index contributed by atoms with van der Waals surface area (Å²) in [5.74, 6) is 0.936. The van der Waals surface area contributed by atoms with Crippen molar-refractivity contribution in [2.24, 2.45) is 0 Å². The molecule has 2 rings (SSSR count). The van der Waals surface area contributed by atoms with Gasteiger partial charge in [0.1, 0.15) is 6.04 Å². The summed E-state index contributed by atoms with van der Waals surface area (Å²) in [4.78, 5) is 27.8. The predicted octanol–water partition coefficient (Wildman–Crippen LogP) is 5.61. The molecule has 0 aliphatic carbocycles. The molecule has 0 aliphatic heterocycles. The van der Waals surface area contributed by atoms with Crippen LogP contribution >= 0.6 is 23.4 Å². The molecule has 0 spiro atoms. The van der Waals surface area contributed by atoms with Gasteiger partial charge in [0.25, 0.3) is 0 Å². The number of hydrogen-bond acceptors (Lipinski definition) is 3. The summed E-state index contributed by atoms with van der Waals surface area (Å²) in [6.07, 6.45) is 2.48. The third kappa shape index (κ3) is 7.89. The number of benzene rings is 2. The number of nitrogens with zero attached hydrogens (tertiary/aromatic N) is 1. The number of rotatable bonds is 12. The van der Waals surface area contributed by atoms with Crippen molar-refractivity contribution in [2.45, 2.75) is 58.4 Å². The molecule has 0 heterocycles. The van der Waals surface area contributed by atoms with Gasteiger partial charge in [-0.25, -0.2) is 0 Å². The number of hydrogen-bond donors (Lipinski definition) is 1. The molecule has 4 nitrogen and oxygen atoms in total. The summed E-state index contributed by atoms with van der Waals surface area (Å²) in [7, 11) is 0. The number of carbonyl (C=O) groups is 2. The molecule has 1 N–H and O–H groups in total. The summed E-state index contributed by atoms with van der Waals surface area (Å²) in [6.45, 7) is 7.06. The summed E-state index contributed by atoms with van der Waals surface area (Å²) in [5, 5.41) is 3.59. The Morgan fingerprint density at radius 1 is 1.06 bits per heavy atom. The highest BCUT2D eigenvalue weighted by atomic mass is 35.5. The van der Waals surface area contributed by atoms with Crippen molar-refractivity contribution in [1.82, 2.24) is 10.2 Å². The van der Waals surface area contributed by atoms with E-state index in [1.165, 1.54) is 11.1 Å².